The summed E-state index contributed by atoms with van der Waals surface area (Å²) in [4.78, 5) is 0. The molecule has 1 heteroatoms. The number of ether oxygens (including phenoxy) is 1. The Morgan fingerprint density at radius 3 is 1.48 bits per heavy atom. The fraction of sp³-hybridized carbons (Fsp3) is 0.0312. The SMILES string of the molecule is c1ccc(C2(c3ccccc3)c3ccccc3Oc3cc(-c4ccc(-c5ccc6c(c5)C5(c7ccccc7-6)c6ccccc6-c6c5ccc5ccccc65)c5ccccc45)ccc32)cc1. The minimum absolute atomic E-state index is 0.440. The molecule has 0 aromatic heterocycles. The summed E-state index contributed by atoms with van der Waals surface area (Å²) >= 11 is 0. The molecule has 1 nitrogen and oxygen atoms in total. The van der Waals surface area contributed by atoms with Crippen LogP contribution in [0.5, 0.6) is 11.5 Å². The zero-order chi connectivity index (χ0) is 42.7. The fourth-order valence-electron chi connectivity index (χ4n) is 12.3. The van der Waals surface area contributed by atoms with Gasteiger partial charge in [0.25, 0.3) is 0 Å². The van der Waals surface area contributed by atoms with Crippen molar-refractivity contribution in [2.24, 2.45) is 0 Å². The van der Waals surface area contributed by atoms with E-state index in [1.165, 1.54) is 93.9 Å². The van der Waals surface area contributed by atoms with Gasteiger partial charge in [-0.2, -0.15) is 0 Å². The molecule has 3 aliphatic rings. The Kier molecular flexibility index (Phi) is 7.59. The summed E-state index contributed by atoms with van der Waals surface area (Å²) in [7, 11) is 0. The second-order valence-corrected chi connectivity index (χ2v) is 17.8. The number of hydrogen-bond donors (Lipinski definition) is 0. The van der Waals surface area contributed by atoms with E-state index >= 15 is 0 Å². The van der Waals surface area contributed by atoms with Crippen LogP contribution in [0.3, 0.4) is 0 Å². The Bertz CT molecular complexity index is 3710. The maximum absolute atomic E-state index is 6.93. The van der Waals surface area contributed by atoms with E-state index in [1.807, 2.05) is 0 Å². The summed E-state index contributed by atoms with van der Waals surface area (Å²) in [6.07, 6.45) is 0. The van der Waals surface area contributed by atoms with Gasteiger partial charge in [0.15, 0.2) is 0 Å². The standard InChI is InChI=1S/C64H40O/c1-3-18-44(19-4-1)63(45-20-5-2-6-21-45)56-29-15-16-30-60(56)65-61-40-43(33-37-57(61)63)47-36-35-46(49-23-9-10-24-50(47)49)42-31-34-52-51-25-11-13-27-54(51)64(59(52)39-42)55-28-14-12-26-53(55)62-48-22-8-7-17-41(48)32-38-58(62)64/h1-40H. The lowest BCUT2D eigenvalue weighted by Crippen LogP contribution is -2.34. The highest BCUT2D eigenvalue weighted by molar-refractivity contribution is 6.08. The maximum atomic E-state index is 6.93. The zero-order valence-corrected chi connectivity index (χ0v) is 35.5. The second-order valence-electron chi connectivity index (χ2n) is 17.8. The van der Waals surface area contributed by atoms with Crippen molar-refractivity contribution in [3.8, 4) is 56.0 Å². The van der Waals surface area contributed by atoms with Crippen LogP contribution >= 0.6 is 0 Å². The summed E-state index contributed by atoms with van der Waals surface area (Å²) in [5.74, 6) is 1.75. The fourth-order valence-corrected chi connectivity index (χ4v) is 12.3. The van der Waals surface area contributed by atoms with Crippen LogP contribution in [0, 0.1) is 0 Å². The van der Waals surface area contributed by atoms with Crippen molar-refractivity contribution in [3.63, 3.8) is 0 Å². The summed E-state index contributed by atoms with van der Waals surface area (Å²) in [6.45, 7) is 0. The van der Waals surface area contributed by atoms with E-state index < -0.39 is 10.8 Å². The molecule has 302 valence electrons. The Labute approximate surface area is 378 Å². The van der Waals surface area contributed by atoms with Crippen LogP contribution < -0.4 is 4.74 Å². The normalized spacial score (nSPS) is 15.7. The van der Waals surface area contributed by atoms with E-state index in [0.717, 1.165) is 28.2 Å². The monoisotopic (exact) mass is 824 g/mol. The first-order chi connectivity index (χ1) is 32.2. The van der Waals surface area contributed by atoms with Gasteiger partial charge >= 0.3 is 0 Å². The van der Waals surface area contributed by atoms with Crippen LogP contribution in [0.15, 0.2) is 243 Å². The molecule has 11 aromatic rings. The molecule has 0 radical (unpaired) electrons. The molecule has 1 spiro atoms. The first-order valence-corrected chi connectivity index (χ1v) is 22.7. The van der Waals surface area contributed by atoms with Gasteiger partial charge in [-0.05, 0) is 118 Å². The van der Waals surface area contributed by atoms with Crippen LogP contribution in [0.1, 0.15) is 44.5 Å². The smallest absolute Gasteiger partial charge is 0.132 e. The van der Waals surface area contributed by atoms with Crippen molar-refractivity contribution in [2.75, 3.05) is 0 Å². The molecule has 1 atom stereocenters. The summed E-state index contributed by atoms with van der Waals surface area (Å²) in [6, 6.07) is 89.8. The average Bonchev–Trinajstić information content (AvgIpc) is 3.85. The Morgan fingerprint density at radius 1 is 0.262 bits per heavy atom. The van der Waals surface area contributed by atoms with Crippen molar-refractivity contribution in [3.05, 3.63) is 287 Å². The predicted octanol–water partition coefficient (Wildman–Crippen LogP) is 16.2. The van der Waals surface area contributed by atoms with Crippen molar-refractivity contribution in [1.82, 2.24) is 0 Å². The van der Waals surface area contributed by atoms with Gasteiger partial charge in [-0.25, -0.2) is 0 Å². The lowest BCUT2D eigenvalue weighted by molar-refractivity contribution is 0.435. The van der Waals surface area contributed by atoms with Gasteiger partial charge in [0.1, 0.15) is 11.5 Å². The first-order valence-electron chi connectivity index (χ1n) is 22.7. The van der Waals surface area contributed by atoms with E-state index in [2.05, 4.69) is 243 Å². The van der Waals surface area contributed by atoms with E-state index in [9.17, 15) is 0 Å². The molecule has 11 aromatic carbocycles. The van der Waals surface area contributed by atoms with E-state index in [-0.39, 0.29) is 0 Å². The minimum Gasteiger partial charge on any atom is -0.457 e. The highest BCUT2D eigenvalue weighted by Gasteiger charge is 2.52. The largest absolute Gasteiger partial charge is 0.457 e. The molecule has 0 N–H and O–H groups in total. The molecule has 0 fully saturated rings. The second kappa shape index (κ2) is 13.6. The lowest BCUT2D eigenvalue weighted by atomic mass is 9.63. The average molecular weight is 825 g/mol. The first kappa shape index (κ1) is 36.2. The Morgan fingerprint density at radius 2 is 0.754 bits per heavy atom. The van der Waals surface area contributed by atoms with Gasteiger partial charge in [-0.15, -0.1) is 0 Å². The van der Waals surface area contributed by atoms with Crippen LogP contribution in [0.2, 0.25) is 0 Å². The third-order valence-electron chi connectivity index (χ3n) is 14.8. The molecule has 1 heterocycles. The molecule has 1 unspecified atom stereocenters. The molecule has 0 bridgehead atoms. The van der Waals surface area contributed by atoms with Gasteiger partial charge < -0.3 is 4.74 Å². The minimum atomic E-state index is -0.560. The van der Waals surface area contributed by atoms with Crippen LogP contribution in [0.4, 0.5) is 0 Å². The van der Waals surface area contributed by atoms with Crippen LogP contribution in [0.25, 0.3) is 66.1 Å². The Hall–Kier alpha value is -8.26. The van der Waals surface area contributed by atoms with Gasteiger partial charge in [0, 0.05) is 11.1 Å². The predicted molar refractivity (Wildman–Crippen MR) is 267 cm³/mol. The van der Waals surface area contributed by atoms with Crippen molar-refractivity contribution in [2.45, 2.75) is 10.8 Å². The zero-order valence-electron chi connectivity index (χ0n) is 35.5. The highest BCUT2D eigenvalue weighted by Crippen LogP contribution is 2.64. The van der Waals surface area contributed by atoms with Crippen LogP contribution in [-0.2, 0) is 10.8 Å². The van der Waals surface area contributed by atoms with Gasteiger partial charge in [-0.3, -0.25) is 0 Å². The molecule has 1 aliphatic heterocycles. The van der Waals surface area contributed by atoms with E-state index in [1.54, 1.807) is 0 Å². The summed E-state index contributed by atoms with van der Waals surface area (Å²) < 4.78 is 6.93. The number of hydrogen-bond acceptors (Lipinski definition) is 1. The highest BCUT2D eigenvalue weighted by atomic mass is 16.5. The molecule has 14 rings (SSSR count). The van der Waals surface area contributed by atoms with Crippen molar-refractivity contribution < 1.29 is 4.74 Å². The number of benzene rings is 11. The maximum Gasteiger partial charge on any atom is 0.132 e. The van der Waals surface area contributed by atoms with Crippen LogP contribution in [-0.4, -0.2) is 0 Å². The molecule has 0 amide bonds. The molecule has 0 saturated carbocycles. The number of para-hydroxylation sites is 1. The molecular weight excluding hydrogens is 785 g/mol. The van der Waals surface area contributed by atoms with Gasteiger partial charge in [-0.1, -0.05) is 224 Å². The van der Waals surface area contributed by atoms with Gasteiger partial charge in [0.2, 0.25) is 0 Å². The third-order valence-corrected chi connectivity index (χ3v) is 14.8. The van der Waals surface area contributed by atoms with E-state index in [4.69, 9.17) is 4.74 Å². The molecule has 0 saturated heterocycles. The quantitative estimate of drug-likeness (QED) is 0.172. The lowest BCUT2D eigenvalue weighted by Gasteiger charge is -2.41. The summed E-state index contributed by atoms with van der Waals surface area (Å²) in [5, 5.41) is 5.01. The van der Waals surface area contributed by atoms with Crippen molar-refractivity contribution >= 4 is 21.5 Å². The topological polar surface area (TPSA) is 9.23 Å². The summed E-state index contributed by atoms with van der Waals surface area (Å²) in [5.41, 5.74) is 19.1. The third kappa shape index (κ3) is 4.82. The number of fused-ring (bicyclic) bond motifs is 15. The molecular formula is C64H40O. The molecule has 65 heavy (non-hydrogen) atoms. The van der Waals surface area contributed by atoms with Gasteiger partial charge in [0.05, 0.1) is 10.8 Å². The van der Waals surface area contributed by atoms with Crippen molar-refractivity contribution in [1.29, 1.82) is 0 Å². The van der Waals surface area contributed by atoms with E-state index in [0.29, 0.717) is 0 Å². The molecule has 2 aliphatic carbocycles. The Balaban J connectivity index is 0.954. The number of rotatable bonds is 4.